The predicted molar refractivity (Wildman–Crippen MR) is 44.5 cm³/mol. The van der Waals surface area contributed by atoms with Crippen LogP contribution in [0.5, 0.6) is 0 Å². The maximum absolute atomic E-state index is 13.0. The van der Waals surface area contributed by atoms with E-state index in [9.17, 15) is 4.39 Å². The quantitative estimate of drug-likeness (QED) is 0.677. The molecule has 0 unspecified atom stereocenters. The van der Waals surface area contributed by atoms with Gasteiger partial charge in [-0.15, -0.1) is 0 Å². The third-order valence-corrected chi connectivity index (χ3v) is 1.88. The van der Waals surface area contributed by atoms with Crippen LogP contribution in [-0.2, 0) is 0 Å². The third-order valence-electron chi connectivity index (χ3n) is 1.88. The molecule has 0 bridgehead atoms. The predicted octanol–water partition coefficient (Wildman–Crippen LogP) is 0.604. The van der Waals surface area contributed by atoms with Crippen LogP contribution >= 0.6 is 0 Å². The lowest BCUT2D eigenvalue weighted by atomic mass is 10.2. The van der Waals surface area contributed by atoms with Crippen LogP contribution in [0.4, 0.5) is 10.2 Å². The van der Waals surface area contributed by atoms with Crippen molar-refractivity contribution in [1.82, 2.24) is 10.3 Å². The molecule has 2 N–H and O–H groups in total. The van der Waals surface area contributed by atoms with Crippen LogP contribution in [0.1, 0.15) is 0 Å². The Morgan fingerprint density at radius 3 is 3.00 bits per heavy atom. The van der Waals surface area contributed by atoms with Crippen molar-refractivity contribution >= 4 is 5.82 Å². The summed E-state index contributed by atoms with van der Waals surface area (Å²) >= 11 is 0. The summed E-state index contributed by atoms with van der Waals surface area (Å²) in [5, 5.41) is 6.09. The van der Waals surface area contributed by atoms with Crippen LogP contribution < -0.4 is 10.6 Å². The van der Waals surface area contributed by atoms with Gasteiger partial charge in [-0.1, -0.05) is 0 Å². The maximum atomic E-state index is 13.0. The van der Waals surface area contributed by atoms with Gasteiger partial charge in [0.25, 0.3) is 0 Å². The maximum Gasteiger partial charge on any atom is 0.165 e. The Balaban J connectivity index is 2.06. The van der Waals surface area contributed by atoms with Gasteiger partial charge in [0.15, 0.2) is 11.6 Å². The molecule has 1 fully saturated rings. The van der Waals surface area contributed by atoms with E-state index in [2.05, 4.69) is 15.6 Å². The Kier molecular flexibility index (Phi) is 1.91. The summed E-state index contributed by atoms with van der Waals surface area (Å²) in [4.78, 5) is 3.89. The lowest BCUT2D eigenvalue weighted by Crippen LogP contribution is -2.51. The van der Waals surface area contributed by atoms with E-state index < -0.39 is 0 Å². The molecular formula is C8H10FN3. The Labute approximate surface area is 70.0 Å². The van der Waals surface area contributed by atoms with Gasteiger partial charge in [-0.25, -0.2) is 9.37 Å². The van der Waals surface area contributed by atoms with Crippen molar-refractivity contribution in [3.63, 3.8) is 0 Å². The van der Waals surface area contributed by atoms with Gasteiger partial charge in [-0.05, 0) is 12.1 Å². The highest BCUT2D eigenvalue weighted by molar-refractivity contribution is 5.37. The molecule has 0 aliphatic carbocycles. The topological polar surface area (TPSA) is 37.0 Å². The van der Waals surface area contributed by atoms with Gasteiger partial charge in [0.2, 0.25) is 0 Å². The summed E-state index contributed by atoms with van der Waals surface area (Å²) in [5.74, 6) is 0.0633. The summed E-state index contributed by atoms with van der Waals surface area (Å²) in [6, 6.07) is 3.32. The van der Waals surface area contributed by atoms with Crippen LogP contribution in [-0.4, -0.2) is 24.1 Å². The number of nitrogens with zero attached hydrogens (tertiary/aromatic N) is 1. The fourth-order valence-electron chi connectivity index (χ4n) is 1.08. The SMILES string of the molecule is Fc1cccnc1NC1CNC1. The zero-order valence-corrected chi connectivity index (χ0v) is 6.55. The molecule has 0 radical (unpaired) electrons. The average Bonchev–Trinajstić information content (AvgIpc) is 2.00. The minimum absolute atomic E-state index is 0.288. The van der Waals surface area contributed by atoms with Crippen LogP contribution in [0.2, 0.25) is 0 Å². The van der Waals surface area contributed by atoms with E-state index in [1.807, 2.05) is 0 Å². The molecule has 64 valence electrons. The molecule has 0 spiro atoms. The van der Waals surface area contributed by atoms with Crippen molar-refractivity contribution in [2.24, 2.45) is 0 Å². The fraction of sp³-hybridized carbons (Fsp3) is 0.375. The first kappa shape index (κ1) is 7.49. The molecule has 1 saturated heterocycles. The number of hydrogen-bond donors (Lipinski definition) is 2. The zero-order valence-electron chi connectivity index (χ0n) is 6.55. The lowest BCUT2D eigenvalue weighted by molar-refractivity contribution is 0.467. The highest BCUT2D eigenvalue weighted by atomic mass is 19.1. The first-order valence-corrected chi connectivity index (χ1v) is 3.94. The second-order valence-electron chi connectivity index (χ2n) is 2.83. The minimum Gasteiger partial charge on any atom is -0.362 e. The highest BCUT2D eigenvalue weighted by Gasteiger charge is 2.17. The van der Waals surface area contributed by atoms with Crippen molar-refractivity contribution < 1.29 is 4.39 Å². The van der Waals surface area contributed by atoms with E-state index in [0.717, 1.165) is 13.1 Å². The molecule has 1 aromatic rings. The van der Waals surface area contributed by atoms with Gasteiger partial charge in [-0.3, -0.25) is 0 Å². The van der Waals surface area contributed by atoms with Gasteiger partial charge < -0.3 is 10.6 Å². The number of aromatic nitrogens is 1. The molecular weight excluding hydrogens is 157 g/mol. The Morgan fingerprint density at radius 2 is 2.42 bits per heavy atom. The minimum atomic E-state index is -0.288. The molecule has 1 aliphatic heterocycles. The Hall–Kier alpha value is -1.16. The molecule has 12 heavy (non-hydrogen) atoms. The molecule has 4 heteroatoms. The Morgan fingerprint density at radius 1 is 1.58 bits per heavy atom. The van der Waals surface area contributed by atoms with E-state index in [4.69, 9.17) is 0 Å². The smallest absolute Gasteiger partial charge is 0.165 e. The molecule has 0 saturated carbocycles. The van der Waals surface area contributed by atoms with Gasteiger partial charge in [0.05, 0.1) is 6.04 Å². The van der Waals surface area contributed by atoms with Gasteiger partial charge in [0, 0.05) is 19.3 Å². The number of halogens is 1. The van der Waals surface area contributed by atoms with Crippen LogP contribution in [0, 0.1) is 5.82 Å². The second kappa shape index (κ2) is 3.06. The van der Waals surface area contributed by atoms with Gasteiger partial charge >= 0.3 is 0 Å². The number of pyridine rings is 1. The molecule has 1 aliphatic rings. The molecule has 0 amide bonds. The molecule has 2 heterocycles. The van der Waals surface area contributed by atoms with E-state index in [0.29, 0.717) is 11.9 Å². The van der Waals surface area contributed by atoms with Crippen LogP contribution in [0.15, 0.2) is 18.3 Å². The van der Waals surface area contributed by atoms with Crippen molar-refractivity contribution in [3.05, 3.63) is 24.1 Å². The molecule has 0 atom stereocenters. The zero-order chi connectivity index (χ0) is 8.39. The lowest BCUT2D eigenvalue weighted by Gasteiger charge is -2.28. The number of nitrogens with one attached hydrogen (secondary N) is 2. The molecule has 3 nitrogen and oxygen atoms in total. The van der Waals surface area contributed by atoms with Crippen molar-refractivity contribution in [3.8, 4) is 0 Å². The first-order chi connectivity index (χ1) is 5.86. The third kappa shape index (κ3) is 1.38. The average molecular weight is 167 g/mol. The van der Waals surface area contributed by atoms with E-state index >= 15 is 0 Å². The highest BCUT2D eigenvalue weighted by Crippen LogP contribution is 2.10. The monoisotopic (exact) mass is 167 g/mol. The summed E-state index contributed by atoms with van der Waals surface area (Å²) in [7, 11) is 0. The van der Waals surface area contributed by atoms with Gasteiger partial charge in [-0.2, -0.15) is 0 Å². The molecule has 2 rings (SSSR count). The first-order valence-electron chi connectivity index (χ1n) is 3.94. The normalized spacial score (nSPS) is 17.1. The fourth-order valence-corrected chi connectivity index (χ4v) is 1.08. The standard InChI is InChI=1S/C8H10FN3/c9-7-2-1-3-11-8(7)12-6-4-10-5-6/h1-3,6,10H,4-5H2,(H,11,12). The summed E-state index contributed by atoms with van der Waals surface area (Å²) in [6.45, 7) is 1.77. The number of anilines is 1. The largest absolute Gasteiger partial charge is 0.362 e. The summed E-state index contributed by atoms with van der Waals surface area (Å²) < 4.78 is 13.0. The van der Waals surface area contributed by atoms with Crippen molar-refractivity contribution in [2.75, 3.05) is 18.4 Å². The molecule has 1 aromatic heterocycles. The second-order valence-corrected chi connectivity index (χ2v) is 2.83. The van der Waals surface area contributed by atoms with E-state index in [1.165, 1.54) is 6.07 Å². The van der Waals surface area contributed by atoms with Crippen molar-refractivity contribution in [1.29, 1.82) is 0 Å². The van der Waals surface area contributed by atoms with E-state index in [1.54, 1.807) is 12.3 Å². The summed E-state index contributed by atoms with van der Waals surface area (Å²) in [5.41, 5.74) is 0. The number of hydrogen-bond acceptors (Lipinski definition) is 3. The number of rotatable bonds is 2. The van der Waals surface area contributed by atoms with Gasteiger partial charge in [0.1, 0.15) is 0 Å². The van der Waals surface area contributed by atoms with Crippen LogP contribution in [0.3, 0.4) is 0 Å². The Bertz CT molecular complexity index is 273. The summed E-state index contributed by atoms with van der Waals surface area (Å²) in [6.07, 6.45) is 1.58. The molecule has 0 aromatic carbocycles. The van der Waals surface area contributed by atoms with Crippen LogP contribution in [0.25, 0.3) is 0 Å². The van der Waals surface area contributed by atoms with E-state index in [-0.39, 0.29) is 5.82 Å². The van der Waals surface area contributed by atoms with Crippen molar-refractivity contribution in [2.45, 2.75) is 6.04 Å².